The third-order valence-electron chi connectivity index (χ3n) is 6.19. The number of nitrogens with one attached hydrogen (secondary N) is 1. The summed E-state index contributed by atoms with van der Waals surface area (Å²) >= 11 is 6.24. The Kier molecular flexibility index (Phi) is 7.38. The summed E-state index contributed by atoms with van der Waals surface area (Å²) in [6, 6.07) is 22.0. The molecule has 2 amide bonds. The first-order valence-electron chi connectivity index (χ1n) is 11.1. The van der Waals surface area contributed by atoms with Crippen LogP contribution in [0.3, 0.4) is 0 Å². The van der Waals surface area contributed by atoms with Gasteiger partial charge in [0, 0.05) is 30.6 Å². The number of nitrogens with zero attached hydrogens (tertiary/aromatic N) is 1. The minimum absolute atomic E-state index is 0.0644. The van der Waals surface area contributed by atoms with Crippen molar-refractivity contribution in [3.8, 4) is 11.5 Å². The lowest BCUT2D eigenvalue weighted by Crippen LogP contribution is -2.51. The van der Waals surface area contributed by atoms with Crippen molar-refractivity contribution in [1.82, 2.24) is 10.2 Å². The largest absolute Gasteiger partial charge is 0.493 e. The van der Waals surface area contributed by atoms with Gasteiger partial charge in [0.05, 0.1) is 24.8 Å². The SMILES string of the molecule is COc1ccc(C(=O)N2CC[C@@H](NC(=O)c3ccccc3Cl)[C@@H](c3ccccc3)C2)cc1OC. The Bertz CT molecular complexity index is 1170. The minimum Gasteiger partial charge on any atom is -0.493 e. The maximum Gasteiger partial charge on any atom is 0.254 e. The fourth-order valence-corrected chi connectivity index (χ4v) is 4.61. The molecule has 176 valence electrons. The van der Waals surface area contributed by atoms with E-state index in [2.05, 4.69) is 5.32 Å². The van der Waals surface area contributed by atoms with E-state index in [9.17, 15) is 9.59 Å². The molecule has 1 fully saturated rings. The van der Waals surface area contributed by atoms with E-state index in [0.29, 0.717) is 47.2 Å². The zero-order valence-electron chi connectivity index (χ0n) is 19.2. The molecule has 0 spiro atoms. The molecule has 1 N–H and O–H groups in total. The zero-order valence-corrected chi connectivity index (χ0v) is 19.9. The number of hydrogen-bond acceptors (Lipinski definition) is 4. The predicted molar refractivity (Wildman–Crippen MR) is 132 cm³/mol. The third-order valence-corrected chi connectivity index (χ3v) is 6.52. The quantitative estimate of drug-likeness (QED) is 0.553. The normalized spacial score (nSPS) is 17.7. The number of benzene rings is 3. The molecular weight excluding hydrogens is 452 g/mol. The van der Waals surface area contributed by atoms with Crippen molar-refractivity contribution in [3.63, 3.8) is 0 Å². The van der Waals surface area contributed by atoms with Crippen molar-refractivity contribution < 1.29 is 19.1 Å². The standard InChI is InChI=1S/C27H27ClN2O4/c1-33-24-13-12-19(16-25(24)34-2)27(32)30-15-14-23(21(17-30)18-8-4-3-5-9-18)29-26(31)20-10-6-7-11-22(20)28/h3-13,16,21,23H,14-15,17H2,1-2H3,(H,29,31)/t21-,23-/m1/s1. The van der Waals surface area contributed by atoms with Gasteiger partial charge in [-0.1, -0.05) is 54.1 Å². The van der Waals surface area contributed by atoms with Crippen LogP contribution in [0.4, 0.5) is 0 Å². The second-order valence-electron chi connectivity index (χ2n) is 8.19. The van der Waals surface area contributed by atoms with Crippen molar-refractivity contribution in [3.05, 3.63) is 94.5 Å². The summed E-state index contributed by atoms with van der Waals surface area (Å²) in [6.45, 7) is 0.995. The molecule has 1 aliphatic rings. The van der Waals surface area contributed by atoms with Gasteiger partial charge >= 0.3 is 0 Å². The first-order valence-corrected chi connectivity index (χ1v) is 11.5. The molecule has 1 heterocycles. The van der Waals surface area contributed by atoms with E-state index < -0.39 is 0 Å². The maximum atomic E-state index is 13.4. The Morgan fingerprint density at radius 2 is 1.65 bits per heavy atom. The Morgan fingerprint density at radius 1 is 0.941 bits per heavy atom. The summed E-state index contributed by atoms with van der Waals surface area (Å²) in [4.78, 5) is 28.2. The first kappa shape index (κ1) is 23.6. The van der Waals surface area contributed by atoms with Gasteiger partial charge < -0.3 is 19.7 Å². The van der Waals surface area contributed by atoms with Crippen molar-refractivity contribution >= 4 is 23.4 Å². The van der Waals surface area contributed by atoms with E-state index in [1.807, 2.05) is 35.2 Å². The number of methoxy groups -OCH3 is 2. The van der Waals surface area contributed by atoms with Crippen LogP contribution in [0.5, 0.6) is 11.5 Å². The summed E-state index contributed by atoms with van der Waals surface area (Å²) in [5.74, 6) is 0.719. The second-order valence-corrected chi connectivity index (χ2v) is 8.59. The van der Waals surface area contributed by atoms with Gasteiger partial charge in [0.2, 0.25) is 0 Å². The topological polar surface area (TPSA) is 67.9 Å². The molecule has 34 heavy (non-hydrogen) atoms. The fraction of sp³-hybridized carbons (Fsp3) is 0.259. The van der Waals surface area contributed by atoms with Gasteiger partial charge in [0.15, 0.2) is 11.5 Å². The average Bonchev–Trinajstić information content (AvgIpc) is 2.88. The van der Waals surface area contributed by atoms with Crippen LogP contribution in [0.25, 0.3) is 0 Å². The Hall–Kier alpha value is -3.51. The van der Waals surface area contributed by atoms with E-state index in [-0.39, 0.29) is 23.8 Å². The number of amides is 2. The van der Waals surface area contributed by atoms with Crippen LogP contribution in [0.15, 0.2) is 72.8 Å². The summed E-state index contributed by atoms with van der Waals surface area (Å²) in [7, 11) is 3.11. The van der Waals surface area contributed by atoms with Gasteiger partial charge in [-0.15, -0.1) is 0 Å². The van der Waals surface area contributed by atoms with Gasteiger partial charge in [-0.2, -0.15) is 0 Å². The zero-order chi connectivity index (χ0) is 24.1. The molecule has 0 saturated carbocycles. The van der Waals surface area contributed by atoms with Crippen LogP contribution in [0.1, 0.15) is 38.6 Å². The van der Waals surface area contributed by atoms with Crippen LogP contribution in [0.2, 0.25) is 5.02 Å². The lowest BCUT2D eigenvalue weighted by atomic mass is 9.85. The number of likely N-dealkylation sites (tertiary alicyclic amines) is 1. The number of piperidine rings is 1. The first-order chi connectivity index (χ1) is 16.5. The molecule has 0 aromatic heterocycles. The summed E-state index contributed by atoms with van der Waals surface area (Å²) in [5.41, 5.74) is 2.04. The van der Waals surface area contributed by atoms with E-state index in [1.165, 1.54) is 0 Å². The smallest absolute Gasteiger partial charge is 0.254 e. The number of halogens is 1. The molecule has 2 atom stereocenters. The number of hydrogen-bond donors (Lipinski definition) is 1. The predicted octanol–water partition coefficient (Wildman–Crippen LogP) is 4.79. The highest BCUT2D eigenvalue weighted by Gasteiger charge is 2.34. The Labute approximate surface area is 204 Å². The molecule has 1 aliphatic heterocycles. The average molecular weight is 479 g/mol. The van der Waals surface area contributed by atoms with E-state index in [1.54, 1.807) is 56.7 Å². The Morgan fingerprint density at radius 3 is 2.35 bits per heavy atom. The molecule has 4 rings (SSSR count). The van der Waals surface area contributed by atoms with Crippen LogP contribution >= 0.6 is 11.6 Å². The van der Waals surface area contributed by atoms with Crippen molar-refractivity contribution in [2.24, 2.45) is 0 Å². The van der Waals surface area contributed by atoms with Crippen molar-refractivity contribution in [1.29, 1.82) is 0 Å². The fourth-order valence-electron chi connectivity index (χ4n) is 4.39. The van der Waals surface area contributed by atoms with Gasteiger partial charge in [-0.25, -0.2) is 0 Å². The molecule has 0 unspecified atom stereocenters. The molecule has 3 aromatic carbocycles. The van der Waals surface area contributed by atoms with Crippen molar-refractivity contribution in [2.75, 3.05) is 27.3 Å². The van der Waals surface area contributed by atoms with E-state index in [0.717, 1.165) is 5.56 Å². The van der Waals surface area contributed by atoms with Gasteiger partial charge in [0.25, 0.3) is 11.8 Å². The monoisotopic (exact) mass is 478 g/mol. The summed E-state index contributed by atoms with van der Waals surface area (Å²) in [6.07, 6.45) is 0.620. The third kappa shape index (κ3) is 5.02. The van der Waals surface area contributed by atoms with Crippen LogP contribution in [-0.4, -0.2) is 50.1 Å². The maximum absolute atomic E-state index is 13.4. The Balaban J connectivity index is 1.56. The van der Waals surface area contributed by atoms with E-state index >= 15 is 0 Å². The number of carbonyl (C=O) groups is 2. The minimum atomic E-state index is -0.212. The summed E-state index contributed by atoms with van der Waals surface area (Å²) in [5, 5.41) is 3.57. The lowest BCUT2D eigenvalue weighted by molar-refractivity contribution is 0.0671. The molecule has 1 saturated heterocycles. The van der Waals surface area contributed by atoms with E-state index in [4.69, 9.17) is 21.1 Å². The van der Waals surface area contributed by atoms with Crippen LogP contribution in [-0.2, 0) is 0 Å². The van der Waals surface area contributed by atoms with Crippen LogP contribution in [0, 0.1) is 0 Å². The highest BCUT2D eigenvalue weighted by molar-refractivity contribution is 6.33. The molecule has 7 heteroatoms. The van der Waals surface area contributed by atoms with Gasteiger partial charge in [-0.05, 0) is 42.3 Å². The number of ether oxygens (including phenoxy) is 2. The number of rotatable bonds is 6. The van der Waals surface area contributed by atoms with Gasteiger partial charge in [0.1, 0.15) is 0 Å². The molecule has 0 bridgehead atoms. The van der Waals surface area contributed by atoms with Gasteiger partial charge in [-0.3, -0.25) is 9.59 Å². The lowest BCUT2D eigenvalue weighted by Gasteiger charge is -2.39. The molecule has 3 aromatic rings. The molecule has 0 aliphatic carbocycles. The van der Waals surface area contributed by atoms with Crippen LogP contribution < -0.4 is 14.8 Å². The molecular formula is C27H27ClN2O4. The highest BCUT2D eigenvalue weighted by Crippen LogP contribution is 2.31. The summed E-state index contributed by atoms with van der Waals surface area (Å²) < 4.78 is 10.7. The molecule has 6 nitrogen and oxygen atoms in total. The highest BCUT2D eigenvalue weighted by atomic mass is 35.5. The second kappa shape index (κ2) is 10.6. The van der Waals surface area contributed by atoms with Crippen molar-refractivity contribution in [2.45, 2.75) is 18.4 Å². The molecule has 0 radical (unpaired) electrons. The number of carbonyl (C=O) groups excluding carboxylic acids is 2.